The number of carbonyl (C=O) groups excluding carboxylic acids is 1. The number of hydrogen-bond acceptors (Lipinski definition) is 8. The fourth-order valence-electron chi connectivity index (χ4n) is 4.21. The van der Waals surface area contributed by atoms with E-state index in [9.17, 15) is 4.79 Å². The van der Waals surface area contributed by atoms with Crippen molar-refractivity contribution in [2.75, 3.05) is 55.7 Å². The van der Waals surface area contributed by atoms with E-state index in [4.69, 9.17) is 22.1 Å². The number of carbonyl (C=O) groups is 1. The van der Waals surface area contributed by atoms with Crippen LogP contribution in [0, 0.1) is 0 Å². The average Bonchev–Trinajstić information content (AvgIpc) is 3.49. The van der Waals surface area contributed by atoms with Crippen molar-refractivity contribution >= 4 is 51.6 Å². The highest BCUT2D eigenvalue weighted by Crippen LogP contribution is 2.35. The predicted molar refractivity (Wildman–Crippen MR) is 140 cm³/mol. The minimum absolute atomic E-state index is 0.00392. The molecular formula is C24H26ClN5O2S2. The molecule has 1 saturated heterocycles. The molecule has 1 aromatic heterocycles. The summed E-state index contributed by atoms with van der Waals surface area (Å²) < 4.78 is 7.97. The smallest absolute Gasteiger partial charge is 0.258 e. The van der Waals surface area contributed by atoms with Gasteiger partial charge in [-0.05, 0) is 60.3 Å². The third kappa shape index (κ3) is 5.18. The van der Waals surface area contributed by atoms with Crippen LogP contribution in [0.15, 0.2) is 52.7 Å². The van der Waals surface area contributed by atoms with Crippen molar-refractivity contribution in [3.8, 4) is 5.75 Å². The lowest BCUT2D eigenvalue weighted by Gasteiger charge is -2.33. The van der Waals surface area contributed by atoms with Crippen LogP contribution in [-0.2, 0) is 6.42 Å². The van der Waals surface area contributed by atoms with E-state index < -0.39 is 0 Å². The number of ether oxygens (including phenoxy) is 1. The molecule has 0 radical (unpaired) electrons. The maximum absolute atomic E-state index is 13.2. The second kappa shape index (κ2) is 10.5. The van der Waals surface area contributed by atoms with Gasteiger partial charge in [0.1, 0.15) is 17.5 Å². The van der Waals surface area contributed by atoms with Crippen molar-refractivity contribution < 1.29 is 9.53 Å². The van der Waals surface area contributed by atoms with Crippen LogP contribution in [0.25, 0.3) is 0 Å². The van der Waals surface area contributed by atoms with Crippen molar-refractivity contribution in [2.24, 2.45) is 5.73 Å². The van der Waals surface area contributed by atoms with Gasteiger partial charge in [-0.25, -0.2) is 9.29 Å². The average molecular weight is 516 g/mol. The number of rotatable bonds is 7. The van der Waals surface area contributed by atoms with Crippen molar-refractivity contribution in [3.63, 3.8) is 0 Å². The van der Waals surface area contributed by atoms with Crippen molar-refractivity contribution in [1.82, 2.24) is 9.29 Å². The van der Waals surface area contributed by atoms with Crippen LogP contribution >= 0.6 is 34.9 Å². The van der Waals surface area contributed by atoms with Gasteiger partial charge in [0.2, 0.25) is 0 Å². The lowest BCUT2D eigenvalue weighted by atomic mass is 10.1. The van der Waals surface area contributed by atoms with Crippen LogP contribution in [0.5, 0.6) is 5.75 Å². The fraction of sp³-hybridized carbons (Fsp3) is 0.333. The SMILES string of the molecule is NCCOc1cccc(C(=O)N2CCc3cc(SN4CCN(c5nc(Cl)cs5)CC4)ccc32)c1. The van der Waals surface area contributed by atoms with Crippen molar-refractivity contribution in [1.29, 1.82) is 0 Å². The molecule has 178 valence electrons. The summed E-state index contributed by atoms with van der Waals surface area (Å²) in [6.45, 7) is 5.31. The molecule has 0 spiro atoms. The molecule has 2 aromatic carbocycles. The zero-order valence-electron chi connectivity index (χ0n) is 18.7. The van der Waals surface area contributed by atoms with Gasteiger partial charge in [-0.15, -0.1) is 11.3 Å². The highest BCUT2D eigenvalue weighted by molar-refractivity contribution is 7.97. The number of amides is 1. The topological polar surface area (TPSA) is 74.9 Å². The van der Waals surface area contributed by atoms with E-state index in [0.29, 0.717) is 36.2 Å². The van der Waals surface area contributed by atoms with Gasteiger partial charge in [-0.2, -0.15) is 0 Å². The van der Waals surface area contributed by atoms with Crippen molar-refractivity contribution in [3.05, 3.63) is 64.1 Å². The Morgan fingerprint density at radius 1 is 1.15 bits per heavy atom. The molecule has 2 aliphatic rings. The summed E-state index contributed by atoms with van der Waals surface area (Å²) in [7, 11) is 0. The third-order valence-corrected chi connectivity index (χ3v) is 8.18. The molecule has 0 unspecified atom stereocenters. The molecule has 2 N–H and O–H groups in total. The summed E-state index contributed by atoms with van der Waals surface area (Å²) in [5.41, 5.74) is 8.35. The predicted octanol–water partition coefficient (Wildman–Crippen LogP) is 4.17. The number of aromatic nitrogens is 1. The number of fused-ring (bicyclic) bond motifs is 1. The van der Waals surface area contributed by atoms with Gasteiger partial charge in [0.05, 0.1) is 0 Å². The molecule has 2 aliphatic heterocycles. The van der Waals surface area contributed by atoms with Gasteiger partial charge in [-0.3, -0.25) is 4.79 Å². The molecule has 3 heterocycles. The summed E-state index contributed by atoms with van der Waals surface area (Å²) >= 11 is 9.35. The molecule has 7 nitrogen and oxygen atoms in total. The highest BCUT2D eigenvalue weighted by Gasteiger charge is 2.27. The first-order valence-electron chi connectivity index (χ1n) is 11.3. The monoisotopic (exact) mass is 515 g/mol. The van der Waals surface area contributed by atoms with E-state index in [1.54, 1.807) is 29.4 Å². The minimum Gasteiger partial charge on any atom is -0.492 e. The Hall–Kier alpha value is -2.30. The van der Waals surface area contributed by atoms with Crippen LogP contribution in [0.4, 0.5) is 10.8 Å². The normalized spacial score (nSPS) is 16.1. The summed E-state index contributed by atoms with van der Waals surface area (Å²) in [5.74, 6) is 0.663. The van der Waals surface area contributed by atoms with Crippen LogP contribution in [0.1, 0.15) is 15.9 Å². The molecule has 34 heavy (non-hydrogen) atoms. The highest BCUT2D eigenvalue weighted by atomic mass is 35.5. The number of nitrogens with two attached hydrogens (primary N) is 1. The number of piperazine rings is 1. The molecule has 0 saturated carbocycles. The van der Waals surface area contributed by atoms with E-state index in [-0.39, 0.29) is 5.91 Å². The lowest BCUT2D eigenvalue weighted by molar-refractivity contribution is 0.0989. The zero-order chi connectivity index (χ0) is 23.5. The molecule has 5 rings (SSSR count). The van der Waals surface area contributed by atoms with E-state index in [2.05, 4.69) is 32.4 Å². The molecule has 0 aliphatic carbocycles. The Morgan fingerprint density at radius 2 is 2.00 bits per heavy atom. The van der Waals surface area contributed by atoms with Gasteiger partial charge in [0, 0.05) is 60.8 Å². The van der Waals surface area contributed by atoms with E-state index in [1.807, 2.05) is 28.5 Å². The number of anilines is 2. The van der Waals surface area contributed by atoms with Gasteiger partial charge in [0.25, 0.3) is 5.91 Å². The second-order valence-electron chi connectivity index (χ2n) is 8.12. The Kier molecular flexibility index (Phi) is 7.26. The second-order valence-corrected chi connectivity index (χ2v) is 10.5. The van der Waals surface area contributed by atoms with E-state index in [1.165, 1.54) is 10.5 Å². The molecular weight excluding hydrogens is 490 g/mol. The Balaban J connectivity index is 1.21. The molecule has 1 fully saturated rings. The maximum Gasteiger partial charge on any atom is 0.258 e. The van der Waals surface area contributed by atoms with Crippen LogP contribution in [0.2, 0.25) is 5.15 Å². The summed E-state index contributed by atoms with van der Waals surface area (Å²) in [6, 6.07) is 13.7. The molecule has 0 atom stereocenters. The van der Waals surface area contributed by atoms with Gasteiger partial charge < -0.3 is 20.3 Å². The lowest BCUT2D eigenvalue weighted by Crippen LogP contribution is -2.43. The summed E-state index contributed by atoms with van der Waals surface area (Å²) in [4.78, 5) is 22.9. The number of benzene rings is 2. The largest absolute Gasteiger partial charge is 0.492 e. The Morgan fingerprint density at radius 3 is 2.76 bits per heavy atom. The quantitative estimate of drug-likeness (QED) is 0.473. The first-order valence-corrected chi connectivity index (χ1v) is 13.3. The number of thiazole rings is 1. The van der Waals surface area contributed by atoms with E-state index >= 15 is 0 Å². The van der Waals surface area contributed by atoms with Gasteiger partial charge >= 0.3 is 0 Å². The third-order valence-electron chi connectivity index (χ3n) is 5.87. The maximum atomic E-state index is 13.2. The fourth-order valence-corrected chi connectivity index (χ4v) is 6.18. The van der Waals surface area contributed by atoms with Crippen LogP contribution < -0.4 is 20.3 Å². The number of hydrogen-bond donors (Lipinski definition) is 1. The molecule has 3 aromatic rings. The summed E-state index contributed by atoms with van der Waals surface area (Å²) in [6.07, 6.45) is 0.859. The van der Waals surface area contributed by atoms with Gasteiger partial charge in [-0.1, -0.05) is 17.7 Å². The minimum atomic E-state index is -0.00392. The molecule has 1 amide bonds. The Bertz CT molecular complexity index is 1170. The zero-order valence-corrected chi connectivity index (χ0v) is 21.0. The standard InChI is InChI=1S/C24H26ClN5O2S2/c25-22-16-33-24(27-22)28-9-11-29(12-10-28)34-20-4-5-21-17(15-20)6-8-30(21)23(31)18-2-1-3-19(14-18)32-13-7-26/h1-5,14-16H,6-13,26H2. The number of nitrogens with zero attached hydrogens (tertiary/aromatic N) is 4. The first kappa shape index (κ1) is 23.4. The van der Waals surface area contributed by atoms with Crippen LogP contribution in [0.3, 0.4) is 0 Å². The first-order chi connectivity index (χ1) is 16.6. The Labute approximate surface area is 212 Å². The van der Waals surface area contributed by atoms with Crippen LogP contribution in [-0.4, -0.2) is 61.1 Å². The molecule has 10 heteroatoms. The summed E-state index contributed by atoms with van der Waals surface area (Å²) in [5, 5.41) is 3.44. The van der Waals surface area contributed by atoms with E-state index in [0.717, 1.165) is 43.4 Å². The van der Waals surface area contributed by atoms with Gasteiger partial charge in [0.15, 0.2) is 5.13 Å². The number of halogens is 1. The molecule has 0 bridgehead atoms. The van der Waals surface area contributed by atoms with Crippen molar-refractivity contribution in [2.45, 2.75) is 11.3 Å².